The van der Waals surface area contributed by atoms with Crippen LogP contribution in [0.4, 0.5) is 0 Å². The predicted molar refractivity (Wildman–Crippen MR) is 110 cm³/mol. The van der Waals surface area contributed by atoms with Crippen LogP contribution in [0.5, 0.6) is 0 Å². The third-order valence-corrected chi connectivity index (χ3v) is 4.37. The molecule has 0 aliphatic rings. The average molecular weight is 391 g/mol. The van der Waals surface area contributed by atoms with E-state index in [1.807, 2.05) is 30.3 Å². The van der Waals surface area contributed by atoms with Crippen molar-refractivity contribution in [3.8, 4) is 0 Å². The molecule has 0 radical (unpaired) electrons. The molecule has 0 fully saturated rings. The number of carboxylic acid groups (broad SMARTS) is 1. The molecule has 0 aliphatic carbocycles. The summed E-state index contributed by atoms with van der Waals surface area (Å²) in [6, 6.07) is 15.3. The van der Waals surface area contributed by atoms with Crippen LogP contribution in [-0.2, 0) is 20.8 Å². The number of aromatic amines is 1. The van der Waals surface area contributed by atoms with Crippen molar-refractivity contribution < 1.29 is 19.5 Å². The lowest BCUT2D eigenvalue weighted by atomic mass is 10.0. The number of H-pyrrole nitrogens is 1. The van der Waals surface area contributed by atoms with Gasteiger partial charge in [0.1, 0.15) is 11.7 Å². The third kappa shape index (κ3) is 5.10. The second-order valence-electron chi connectivity index (χ2n) is 6.58. The standard InChI is InChI=1S/C22H21N3O4/c1-14(26)24-19(11-15-7-3-2-4-8-15)21(27)25-20(22(28)29)12-16-13-23-18-10-6-5-9-17(16)18/h2-11,13,20,23H,12H2,1H3,(H,24,26)(H,25,27)(H,28,29)/b19-11-/t20-/m0/s1. The van der Waals surface area contributed by atoms with Crippen LogP contribution in [-0.4, -0.2) is 33.9 Å². The monoisotopic (exact) mass is 391 g/mol. The number of hydrogen-bond donors (Lipinski definition) is 4. The zero-order valence-electron chi connectivity index (χ0n) is 15.8. The maximum atomic E-state index is 12.7. The van der Waals surface area contributed by atoms with E-state index < -0.39 is 23.8 Å². The zero-order chi connectivity index (χ0) is 20.8. The minimum Gasteiger partial charge on any atom is -0.480 e. The Labute approximate surface area is 167 Å². The molecule has 0 spiro atoms. The van der Waals surface area contributed by atoms with E-state index in [0.717, 1.165) is 16.5 Å². The molecule has 0 aliphatic heterocycles. The van der Waals surface area contributed by atoms with Gasteiger partial charge in [0, 0.05) is 30.4 Å². The fraction of sp³-hybridized carbons (Fsp3) is 0.136. The number of aliphatic carboxylic acids is 1. The number of carboxylic acids is 1. The normalized spacial score (nSPS) is 12.4. The first-order chi connectivity index (χ1) is 13.9. The summed E-state index contributed by atoms with van der Waals surface area (Å²) in [6.45, 7) is 1.28. The lowest BCUT2D eigenvalue weighted by molar-refractivity contribution is -0.141. The van der Waals surface area contributed by atoms with Crippen molar-refractivity contribution in [3.05, 3.63) is 77.6 Å². The summed E-state index contributed by atoms with van der Waals surface area (Å²) in [5, 5.41) is 15.5. The van der Waals surface area contributed by atoms with Crippen LogP contribution in [0.3, 0.4) is 0 Å². The molecule has 7 heteroatoms. The van der Waals surface area contributed by atoms with Gasteiger partial charge in [-0.3, -0.25) is 9.59 Å². The Hall–Kier alpha value is -3.87. The van der Waals surface area contributed by atoms with Gasteiger partial charge in [-0.05, 0) is 23.3 Å². The number of carbonyl (C=O) groups excluding carboxylic acids is 2. The van der Waals surface area contributed by atoms with Gasteiger partial charge in [0.2, 0.25) is 5.91 Å². The molecule has 3 aromatic rings. The van der Waals surface area contributed by atoms with Gasteiger partial charge in [0.25, 0.3) is 5.91 Å². The van der Waals surface area contributed by atoms with E-state index in [9.17, 15) is 19.5 Å². The van der Waals surface area contributed by atoms with Crippen molar-refractivity contribution in [3.63, 3.8) is 0 Å². The molecule has 0 bridgehead atoms. The van der Waals surface area contributed by atoms with Crippen molar-refractivity contribution in [1.29, 1.82) is 0 Å². The van der Waals surface area contributed by atoms with Gasteiger partial charge in [-0.25, -0.2) is 4.79 Å². The summed E-state index contributed by atoms with van der Waals surface area (Å²) in [6.07, 6.45) is 3.34. The molecule has 2 aromatic carbocycles. The Morgan fingerprint density at radius 3 is 2.45 bits per heavy atom. The molecule has 2 amide bonds. The van der Waals surface area contributed by atoms with Crippen molar-refractivity contribution in [2.75, 3.05) is 0 Å². The molecular weight excluding hydrogens is 370 g/mol. The summed E-state index contributed by atoms with van der Waals surface area (Å²) in [7, 11) is 0. The van der Waals surface area contributed by atoms with E-state index in [-0.39, 0.29) is 12.1 Å². The minimum absolute atomic E-state index is 0.0196. The van der Waals surface area contributed by atoms with Crippen LogP contribution in [0.1, 0.15) is 18.1 Å². The van der Waals surface area contributed by atoms with Crippen molar-refractivity contribution >= 4 is 34.8 Å². The molecule has 1 heterocycles. The molecule has 29 heavy (non-hydrogen) atoms. The van der Waals surface area contributed by atoms with E-state index in [4.69, 9.17) is 0 Å². The van der Waals surface area contributed by atoms with E-state index in [1.54, 1.807) is 30.5 Å². The number of carbonyl (C=O) groups is 3. The largest absolute Gasteiger partial charge is 0.480 e. The Bertz CT molecular complexity index is 1070. The van der Waals surface area contributed by atoms with Crippen LogP contribution < -0.4 is 10.6 Å². The maximum Gasteiger partial charge on any atom is 0.326 e. The SMILES string of the molecule is CC(=O)N/C(=C\c1ccccc1)C(=O)N[C@@H](Cc1c[nH]c2ccccc12)C(=O)O. The highest BCUT2D eigenvalue weighted by Gasteiger charge is 2.24. The first-order valence-electron chi connectivity index (χ1n) is 9.07. The number of para-hydroxylation sites is 1. The van der Waals surface area contributed by atoms with Gasteiger partial charge in [-0.2, -0.15) is 0 Å². The van der Waals surface area contributed by atoms with E-state index in [2.05, 4.69) is 15.6 Å². The van der Waals surface area contributed by atoms with Crippen LogP contribution in [0, 0.1) is 0 Å². The van der Waals surface area contributed by atoms with Gasteiger partial charge in [0.05, 0.1) is 0 Å². The number of rotatable bonds is 7. The number of nitrogens with one attached hydrogen (secondary N) is 3. The van der Waals surface area contributed by atoms with E-state index in [1.165, 1.54) is 13.0 Å². The molecule has 3 rings (SSSR count). The number of fused-ring (bicyclic) bond motifs is 1. The number of amides is 2. The topological polar surface area (TPSA) is 111 Å². The molecule has 0 saturated heterocycles. The lowest BCUT2D eigenvalue weighted by Gasteiger charge is -2.16. The quantitative estimate of drug-likeness (QED) is 0.464. The Kier molecular flexibility index (Phi) is 6.09. The Morgan fingerprint density at radius 1 is 1.07 bits per heavy atom. The highest BCUT2D eigenvalue weighted by atomic mass is 16.4. The van der Waals surface area contributed by atoms with Crippen molar-refractivity contribution in [2.45, 2.75) is 19.4 Å². The molecular formula is C22H21N3O4. The Morgan fingerprint density at radius 2 is 1.76 bits per heavy atom. The predicted octanol–water partition coefficient (Wildman–Crippen LogP) is 2.46. The van der Waals surface area contributed by atoms with Crippen molar-refractivity contribution in [2.24, 2.45) is 0 Å². The van der Waals surface area contributed by atoms with Gasteiger partial charge in [-0.1, -0.05) is 48.5 Å². The highest BCUT2D eigenvalue weighted by Crippen LogP contribution is 2.19. The number of benzene rings is 2. The van der Waals surface area contributed by atoms with Crippen LogP contribution in [0.2, 0.25) is 0 Å². The summed E-state index contributed by atoms with van der Waals surface area (Å²) < 4.78 is 0. The molecule has 1 aromatic heterocycles. The number of aromatic nitrogens is 1. The summed E-state index contributed by atoms with van der Waals surface area (Å²) >= 11 is 0. The smallest absolute Gasteiger partial charge is 0.326 e. The summed E-state index contributed by atoms with van der Waals surface area (Å²) in [5.74, 6) is -2.26. The lowest BCUT2D eigenvalue weighted by Crippen LogP contribution is -2.45. The molecule has 1 atom stereocenters. The zero-order valence-corrected chi connectivity index (χ0v) is 15.8. The molecule has 0 saturated carbocycles. The van der Waals surface area contributed by atoms with Gasteiger partial charge < -0.3 is 20.7 Å². The first kappa shape index (κ1) is 19.9. The third-order valence-electron chi connectivity index (χ3n) is 4.37. The molecule has 0 unspecified atom stereocenters. The summed E-state index contributed by atoms with van der Waals surface area (Å²) in [5.41, 5.74) is 2.35. The average Bonchev–Trinajstić information content (AvgIpc) is 3.10. The maximum absolute atomic E-state index is 12.7. The minimum atomic E-state index is -1.16. The van der Waals surface area contributed by atoms with Crippen LogP contribution in [0.15, 0.2) is 66.5 Å². The molecule has 7 nitrogen and oxygen atoms in total. The fourth-order valence-electron chi connectivity index (χ4n) is 3.02. The van der Waals surface area contributed by atoms with E-state index >= 15 is 0 Å². The summed E-state index contributed by atoms with van der Waals surface area (Å²) in [4.78, 5) is 39.1. The first-order valence-corrected chi connectivity index (χ1v) is 9.07. The van der Waals surface area contributed by atoms with Crippen LogP contribution in [0.25, 0.3) is 17.0 Å². The highest BCUT2D eigenvalue weighted by molar-refractivity contribution is 6.02. The fourth-order valence-corrected chi connectivity index (χ4v) is 3.02. The van der Waals surface area contributed by atoms with E-state index in [0.29, 0.717) is 5.56 Å². The van der Waals surface area contributed by atoms with Crippen LogP contribution >= 0.6 is 0 Å². The number of hydrogen-bond acceptors (Lipinski definition) is 3. The van der Waals surface area contributed by atoms with Gasteiger partial charge in [-0.15, -0.1) is 0 Å². The Balaban J connectivity index is 1.82. The second-order valence-corrected chi connectivity index (χ2v) is 6.58. The van der Waals surface area contributed by atoms with Gasteiger partial charge >= 0.3 is 5.97 Å². The van der Waals surface area contributed by atoms with Crippen molar-refractivity contribution in [1.82, 2.24) is 15.6 Å². The van der Waals surface area contributed by atoms with Gasteiger partial charge in [0.15, 0.2) is 0 Å². The molecule has 148 valence electrons. The molecule has 4 N–H and O–H groups in total. The second kappa shape index (κ2) is 8.88.